The van der Waals surface area contributed by atoms with Crippen molar-refractivity contribution in [2.24, 2.45) is 0 Å². The van der Waals surface area contributed by atoms with Crippen LogP contribution in [0.15, 0.2) is 45.7 Å². The number of nitrogens with zero attached hydrogens (tertiary/aromatic N) is 3. The van der Waals surface area contributed by atoms with Crippen LogP contribution < -0.4 is 20.3 Å². The smallest absolute Gasteiger partial charge is 0.408 e. The molecule has 3 aliphatic carbocycles. The number of fused-ring (bicyclic) bond motifs is 4. The molecule has 1 atom stereocenters. The Morgan fingerprint density at radius 2 is 1.63 bits per heavy atom. The molecule has 2 heterocycles. The number of hydrogen-bond acceptors (Lipinski definition) is 10. The predicted molar refractivity (Wildman–Crippen MR) is 198 cm³/mol. The van der Waals surface area contributed by atoms with Gasteiger partial charge in [-0.2, -0.15) is 0 Å². The molecule has 2 bridgehead atoms. The summed E-state index contributed by atoms with van der Waals surface area (Å²) in [5.41, 5.74) is -2.10. The Balaban J connectivity index is 1.30. The highest BCUT2D eigenvalue weighted by atomic mass is 32.2. The molecule has 292 valence electrons. The van der Waals surface area contributed by atoms with Crippen molar-refractivity contribution in [2.75, 3.05) is 10.7 Å². The molecule has 0 saturated heterocycles. The highest BCUT2D eigenvalue weighted by molar-refractivity contribution is 7.91. The number of alkyl carbamates (subject to hydrolysis) is 1. The Morgan fingerprint density at radius 3 is 2.19 bits per heavy atom. The van der Waals surface area contributed by atoms with Crippen molar-refractivity contribution in [3.63, 3.8) is 0 Å². The number of carbonyl (C=O) groups excluding carboxylic acids is 3. The molecule has 15 heteroatoms. The zero-order valence-electron chi connectivity index (χ0n) is 32.2. The standard InChI is InChI=1S/C39H50FN5O8S/c1-23(2)51-25-11-9-24(10-12-25)21-45-29-19-26(27(40)20-30(29)54(49,50)22-28(32(45)47)41-35(48)53-37(6,7)8)31(46)42-39-16-13-38(14-17-39,15-18-39)34-44-43-33(52-34)36(3,4)5/h9-12,19-20,23,28H,13-18,21-22H2,1-8H3,(H,41,48)(H,42,46)/t28-,38?,39?/m0/s1. The van der Waals surface area contributed by atoms with E-state index in [2.05, 4.69) is 20.8 Å². The van der Waals surface area contributed by atoms with E-state index in [1.54, 1.807) is 45.0 Å². The molecule has 1 aromatic heterocycles. The molecule has 3 fully saturated rings. The van der Waals surface area contributed by atoms with Crippen LogP contribution in [0.1, 0.15) is 122 Å². The maximum absolute atomic E-state index is 16.0. The Bertz CT molecular complexity index is 2020. The highest BCUT2D eigenvalue weighted by Gasteiger charge is 2.53. The Hall–Kier alpha value is -4.53. The molecular formula is C39H50FN5O8S. The van der Waals surface area contributed by atoms with E-state index in [1.807, 2.05) is 34.6 Å². The quantitative estimate of drug-likeness (QED) is 0.266. The summed E-state index contributed by atoms with van der Waals surface area (Å²) in [6, 6.07) is 7.24. The second-order valence-corrected chi connectivity index (χ2v) is 19.2. The third-order valence-electron chi connectivity index (χ3n) is 10.3. The van der Waals surface area contributed by atoms with Crippen LogP contribution in [0, 0.1) is 5.82 Å². The molecular weight excluding hydrogens is 718 g/mol. The van der Waals surface area contributed by atoms with Gasteiger partial charge in [0, 0.05) is 16.4 Å². The van der Waals surface area contributed by atoms with Crippen molar-refractivity contribution in [1.82, 2.24) is 20.8 Å². The fourth-order valence-corrected chi connectivity index (χ4v) is 9.07. The monoisotopic (exact) mass is 767 g/mol. The molecule has 3 amide bonds. The van der Waals surface area contributed by atoms with Crippen LogP contribution in [0.25, 0.3) is 0 Å². The third kappa shape index (κ3) is 8.10. The number of rotatable bonds is 8. The maximum atomic E-state index is 16.0. The predicted octanol–water partition coefficient (Wildman–Crippen LogP) is 6.28. The number of aromatic nitrogens is 2. The number of sulfone groups is 1. The summed E-state index contributed by atoms with van der Waals surface area (Å²) in [5.74, 6) is -1.61. The molecule has 3 aromatic rings. The summed E-state index contributed by atoms with van der Waals surface area (Å²) in [4.78, 5) is 41.8. The van der Waals surface area contributed by atoms with Crippen molar-refractivity contribution in [1.29, 1.82) is 0 Å². The first-order chi connectivity index (χ1) is 25.1. The molecule has 2 N–H and O–H groups in total. The minimum atomic E-state index is -4.38. The summed E-state index contributed by atoms with van der Waals surface area (Å²) < 4.78 is 60.9. The molecule has 0 spiro atoms. The van der Waals surface area contributed by atoms with E-state index in [9.17, 15) is 22.8 Å². The van der Waals surface area contributed by atoms with Gasteiger partial charge in [-0.05, 0) is 103 Å². The number of nitrogens with one attached hydrogen (secondary N) is 2. The van der Waals surface area contributed by atoms with Gasteiger partial charge >= 0.3 is 6.09 Å². The van der Waals surface area contributed by atoms with Gasteiger partial charge < -0.3 is 29.4 Å². The van der Waals surface area contributed by atoms with Crippen molar-refractivity contribution >= 4 is 33.4 Å². The number of carbonyl (C=O) groups is 3. The van der Waals surface area contributed by atoms with Gasteiger partial charge in [-0.3, -0.25) is 9.59 Å². The number of ether oxygens (including phenoxy) is 2. The van der Waals surface area contributed by atoms with Gasteiger partial charge in [0.1, 0.15) is 23.2 Å². The molecule has 54 heavy (non-hydrogen) atoms. The minimum Gasteiger partial charge on any atom is -0.491 e. The van der Waals surface area contributed by atoms with Crippen molar-refractivity contribution < 1.29 is 41.1 Å². The summed E-state index contributed by atoms with van der Waals surface area (Å²) in [7, 11) is -4.38. The van der Waals surface area contributed by atoms with Gasteiger partial charge in [0.15, 0.2) is 9.84 Å². The van der Waals surface area contributed by atoms with Gasteiger partial charge in [0.05, 0.1) is 34.5 Å². The summed E-state index contributed by atoms with van der Waals surface area (Å²) in [6.07, 6.45) is 2.83. The second-order valence-electron chi connectivity index (χ2n) is 17.2. The average molecular weight is 768 g/mol. The highest BCUT2D eigenvalue weighted by Crippen LogP contribution is 2.53. The number of anilines is 1. The maximum Gasteiger partial charge on any atom is 0.408 e. The van der Waals surface area contributed by atoms with Crippen molar-refractivity contribution in [2.45, 2.75) is 139 Å². The lowest BCUT2D eigenvalue weighted by Gasteiger charge is -2.52. The number of halogens is 1. The van der Waals surface area contributed by atoms with E-state index in [-0.39, 0.29) is 29.2 Å². The molecule has 1 aliphatic heterocycles. The van der Waals surface area contributed by atoms with Gasteiger partial charge in [0.2, 0.25) is 11.8 Å². The Kier molecular flexibility index (Phi) is 10.1. The van der Waals surface area contributed by atoms with Crippen LogP contribution >= 0.6 is 0 Å². The first-order valence-electron chi connectivity index (χ1n) is 18.4. The average Bonchev–Trinajstić information content (AvgIpc) is 3.57. The summed E-state index contributed by atoms with van der Waals surface area (Å²) in [5, 5.41) is 14.2. The lowest BCUT2D eigenvalue weighted by Crippen LogP contribution is -2.58. The fraction of sp³-hybridized carbons (Fsp3) is 0.564. The largest absolute Gasteiger partial charge is 0.491 e. The number of hydrogen-bond donors (Lipinski definition) is 2. The zero-order valence-corrected chi connectivity index (χ0v) is 33.0. The van der Waals surface area contributed by atoms with E-state index in [1.165, 1.54) is 4.90 Å². The van der Waals surface area contributed by atoms with E-state index >= 15 is 4.39 Å². The first-order valence-corrected chi connectivity index (χ1v) is 20.0. The SMILES string of the molecule is CC(C)Oc1ccc(CN2C(=O)[C@@H](NC(=O)OC(C)(C)C)CS(=O)(=O)c3cc(F)c(C(=O)NC45CCC(c6nnc(C(C)(C)C)o6)(CC4)CC5)cc32)cc1. The van der Waals surface area contributed by atoms with Gasteiger partial charge in [0.25, 0.3) is 11.8 Å². The number of benzene rings is 2. The van der Waals surface area contributed by atoms with Crippen LogP contribution in [0.3, 0.4) is 0 Å². The lowest BCUT2D eigenvalue weighted by molar-refractivity contribution is -0.120. The molecule has 13 nitrogen and oxygen atoms in total. The van der Waals surface area contributed by atoms with E-state index in [0.717, 1.165) is 12.1 Å². The summed E-state index contributed by atoms with van der Waals surface area (Å²) in [6.45, 7) is 14.6. The second kappa shape index (κ2) is 14.0. The van der Waals surface area contributed by atoms with E-state index in [4.69, 9.17) is 13.9 Å². The minimum absolute atomic E-state index is 0.0736. The zero-order chi connectivity index (χ0) is 39.4. The summed E-state index contributed by atoms with van der Waals surface area (Å²) >= 11 is 0. The molecule has 3 saturated carbocycles. The Morgan fingerprint density at radius 1 is 1.00 bits per heavy atom. The normalized spacial score (nSPS) is 23.8. The van der Waals surface area contributed by atoms with Gasteiger partial charge in [-0.1, -0.05) is 32.9 Å². The molecule has 2 aromatic carbocycles. The van der Waals surface area contributed by atoms with Crippen LogP contribution in [-0.4, -0.2) is 65.6 Å². The molecule has 4 aliphatic rings. The molecule has 0 unspecified atom stereocenters. The van der Waals surface area contributed by atoms with Crippen LogP contribution in [0.4, 0.5) is 14.9 Å². The first kappa shape index (κ1) is 39.2. The van der Waals surface area contributed by atoms with Crippen LogP contribution in [0.2, 0.25) is 0 Å². The van der Waals surface area contributed by atoms with Crippen LogP contribution in [-0.2, 0) is 36.7 Å². The Labute approximate surface area is 315 Å². The third-order valence-corrected chi connectivity index (χ3v) is 12.1. The van der Waals surface area contributed by atoms with E-state index in [0.29, 0.717) is 61.6 Å². The van der Waals surface area contributed by atoms with E-state index < -0.39 is 67.0 Å². The number of amides is 3. The lowest BCUT2D eigenvalue weighted by atomic mass is 9.57. The van der Waals surface area contributed by atoms with Crippen molar-refractivity contribution in [3.8, 4) is 5.75 Å². The molecule has 0 radical (unpaired) electrons. The fourth-order valence-electron chi connectivity index (χ4n) is 7.45. The topological polar surface area (TPSA) is 170 Å². The van der Waals surface area contributed by atoms with Crippen LogP contribution in [0.5, 0.6) is 5.75 Å². The van der Waals surface area contributed by atoms with Gasteiger partial charge in [-0.15, -0.1) is 10.2 Å². The van der Waals surface area contributed by atoms with Crippen molar-refractivity contribution in [3.05, 3.63) is 65.1 Å². The van der Waals surface area contributed by atoms with Gasteiger partial charge in [-0.25, -0.2) is 17.6 Å². The molecule has 7 rings (SSSR count).